The summed E-state index contributed by atoms with van der Waals surface area (Å²) in [5, 5.41) is 0. The first-order valence-corrected chi connectivity index (χ1v) is 7.51. The maximum atomic E-state index is 12.2. The summed E-state index contributed by atoms with van der Waals surface area (Å²) < 4.78 is 0. The molecule has 8 nitrogen and oxygen atoms in total. The summed E-state index contributed by atoms with van der Waals surface area (Å²) in [6.45, 7) is 5.49. The molecular weight excluding hydrogens is 288 g/mol. The topological polar surface area (TPSA) is 81.2 Å². The normalized spacial score (nSPS) is 19.1. The molecule has 2 fully saturated rings. The third-order valence-electron chi connectivity index (χ3n) is 4.20. The molecule has 2 saturated heterocycles. The summed E-state index contributed by atoms with van der Waals surface area (Å²) in [7, 11) is 0. The molecule has 0 N–H and O–H groups in total. The van der Waals surface area contributed by atoms with E-state index in [1.807, 2.05) is 0 Å². The van der Waals surface area contributed by atoms with Crippen molar-refractivity contribution in [1.29, 1.82) is 0 Å². The minimum absolute atomic E-state index is 0.0104. The van der Waals surface area contributed by atoms with Gasteiger partial charge in [0, 0.05) is 59.3 Å². The van der Waals surface area contributed by atoms with Gasteiger partial charge in [0.1, 0.15) is 6.42 Å². The Morgan fingerprint density at radius 2 is 1.18 bits per heavy atom. The zero-order valence-electron chi connectivity index (χ0n) is 12.9. The molecule has 0 atom stereocenters. The van der Waals surface area contributed by atoms with E-state index in [-0.39, 0.29) is 24.1 Å². The molecule has 2 heterocycles. The molecule has 0 aromatic carbocycles. The highest BCUT2D eigenvalue weighted by molar-refractivity contribution is 5.97. The van der Waals surface area contributed by atoms with Crippen molar-refractivity contribution < 1.29 is 19.2 Å². The lowest BCUT2D eigenvalue weighted by molar-refractivity contribution is -0.145. The van der Waals surface area contributed by atoms with Gasteiger partial charge in [0.2, 0.25) is 24.1 Å². The molecule has 0 bridgehead atoms. The SMILES string of the molecule is CC(=O)N1CCN(C(=O)CC(=O)N2CCN(C=O)CC2)CC1. The molecule has 122 valence electrons. The first-order chi connectivity index (χ1) is 10.5. The van der Waals surface area contributed by atoms with Crippen LogP contribution < -0.4 is 0 Å². The highest BCUT2D eigenvalue weighted by Gasteiger charge is 2.27. The van der Waals surface area contributed by atoms with Gasteiger partial charge in [0.25, 0.3) is 0 Å². The van der Waals surface area contributed by atoms with Gasteiger partial charge in [-0.05, 0) is 0 Å². The largest absolute Gasteiger partial charge is 0.342 e. The average molecular weight is 310 g/mol. The number of hydrogen-bond donors (Lipinski definition) is 0. The molecule has 0 spiro atoms. The zero-order chi connectivity index (χ0) is 16.1. The molecular formula is C14H22N4O4. The number of amides is 4. The maximum absolute atomic E-state index is 12.2. The summed E-state index contributed by atoms with van der Waals surface area (Å²) in [6, 6.07) is 0. The van der Waals surface area contributed by atoms with Gasteiger partial charge in [-0.3, -0.25) is 19.2 Å². The van der Waals surface area contributed by atoms with Crippen LogP contribution in [0.2, 0.25) is 0 Å². The summed E-state index contributed by atoms with van der Waals surface area (Å²) in [6.07, 6.45) is 0.642. The van der Waals surface area contributed by atoms with Crippen LogP contribution in [0, 0.1) is 0 Å². The van der Waals surface area contributed by atoms with Gasteiger partial charge >= 0.3 is 0 Å². The average Bonchev–Trinajstić information content (AvgIpc) is 2.54. The first kappa shape index (κ1) is 16.3. The molecule has 22 heavy (non-hydrogen) atoms. The van der Waals surface area contributed by atoms with Crippen molar-refractivity contribution in [3.63, 3.8) is 0 Å². The Kier molecular flexibility index (Phi) is 5.35. The predicted octanol–water partition coefficient (Wildman–Crippen LogP) is -1.63. The Balaban J connectivity index is 1.76. The van der Waals surface area contributed by atoms with Gasteiger partial charge < -0.3 is 19.6 Å². The smallest absolute Gasteiger partial charge is 0.232 e. The molecule has 0 saturated carbocycles. The second-order valence-electron chi connectivity index (χ2n) is 5.59. The summed E-state index contributed by atoms with van der Waals surface area (Å²) in [5.74, 6) is -0.369. The van der Waals surface area contributed by atoms with Crippen LogP contribution in [0.5, 0.6) is 0 Å². The second-order valence-corrected chi connectivity index (χ2v) is 5.59. The van der Waals surface area contributed by atoms with Crippen LogP contribution in [0.15, 0.2) is 0 Å². The molecule has 0 aromatic heterocycles. The van der Waals surface area contributed by atoms with E-state index in [1.54, 1.807) is 19.6 Å². The third kappa shape index (κ3) is 3.96. The zero-order valence-corrected chi connectivity index (χ0v) is 12.9. The number of carbonyl (C=O) groups excluding carboxylic acids is 4. The molecule has 0 unspecified atom stereocenters. The molecule has 0 aliphatic carbocycles. The van der Waals surface area contributed by atoms with Crippen LogP contribution in [0.25, 0.3) is 0 Å². The van der Waals surface area contributed by atoms with Crippen LogP contribution in [-0.4, -0.2) is 96.1 Å². The van der Waals surface area contributed by atoms with Crippen LogP contribution in [0.3, 0.4) is 0 Å². The fourth-order valence-corrected chi connectivity index (χ4v) is 2.70. The number of carbonyl (C=O) groups is 4. The van der Waals surface area contributed by atoms with Gasteiger partial charge in [0.15, 0.2) is 0 Å². The van der Waals surface area contributed by atoms with Crippen molar-refractivity contribution in [3.05, 3.63) is 0 Å². The minimum Gasteiger partial charge on any atom is -0.342 e. The quantitative estimate of drug-likeness (QED) is 0.463. The lowest BCUT2D eigenvalue weighted by Gasteiger charge is -2.35. The van der Waals surface area contributed by atoms with Crippen molar-refractivity contribution in [2.75, 3.05) is 52.4 Å². The highest BCUT2D eigenvalue weighted by Crippen LogP contribution is 2.07. The van der Waals surface area contributed by atoms with E-state index >= 15 is 0 Å². The van der Waals surface area contributed by atoms with Gasteiger partial charge in [-0.1, -0.05) is 0 Å². The molecule has 0 aromatic rings. The third-order valence-corrected chi connectivity index (χ3v) is 4.20. The van der Waals surface area contributed by atoms with Crippen LogP contribution in [-0.2, 0) is 19.2 Å². The Labute approximate surface area is 129 Å². The van der Waals surface area contributed by atoms with Crippen molar-refractivity contribution in [2.24, 2.45) is 0 Å². The number of nitrogens with zero attached hydrogens (tertiary/aromatic N) is 4. The van der Waals surface area contributed by atoms with Crippen molar-refractivity contribution in [3.8, 4) is 0 Å². The van der Waals surface area contributed by atoms with Gasteiger partial charge in [0.05, 0.1) is 0 Å². The van der Waals surface area contributed by atoms with E-state index < -0.39 is 0 Å². The van der Waals surface area contributed by atoms with E-state index in [0.29, 0.717) is 52.4 Å². The minimum atomic E-state index is -0.190. The first-order valence-electron chi connectivity index (χ1n) is 7.51. The van der Waals surface area contributed by atoms with Gasteiger partial charge in [-0.15, -0.1) is 0 Å². The molecule has 2 aliphatic rings. The Bertz CT molecular complexity index is 452. The van der Waals surface area contributed by atoms with Crippen molar-refractivity contribution >= 4 is 24.1 Å². The van der Waals surface area contributed by atoms with Gasteiger partial charge in [-0.2, -0.15) is 0 Å². The van der Waals surface area contributed by atoms with Crippen molar-refractivity contribution in [1.82, 2.24) is 19.6 Å². The van der Waals surface area contributed by atoms with Crippen LogP contribution in [0.1, 0.15) is 13.3 Å². The molecule has 4 amide bonds. The van der Waals surface area contributed by atoms with E-state index in [1.165, 1.54) is 6.92 Å². The lowest BCUT2D eigenvalue weighted by Crippen LogP contribution is -2.52. The summed E-state index contributed by atoms with van der Waals surface area (Å²) in [4.78, 5) is 52.7. The fraction of sp³-hybridized carbons (Fsp3) is 0.714. The standard InChI is InChI=1S/C14H22N4O4/c1-12(20)16-6-8-18(9-7-16)14(22)10-13(21)17-4-2-15(11-19)3-5-17/h11H,2-10H2,1H3. The summed E-state index contributed by atoms with van der Waals surface area (Å²) >= 11 is 0. The van der Waals surface area contributed by atoms with E-state index in [9.17, 15) is 19.2 Å². The lowest BCUT2D eigenvalue weighted by atomic mass is 10.2. The molecule has 8 heteroatoms. The van der Waals surface area contributed by atoms with Crippen molar-refractivity contribution in [2.45, 2.75) is 13.3 Å². The second kappa shape index (κ2) is 7.24. The molecule has 2 aliphatic heterocycles. The highest BCUT2D eigenvalue weighted by atomic mass is 16.2. The maximum Gasteiger partial charge on any atom is 0.232 e. The number of piperazine rings is 2. The number of hydrogen-bond acceptors (Lipinski definition) is 4. The fourth-order valence-electron chi connectivity index (χ4n) is 2.70. The van der Waals surface area contributed by atoms with Crippen LogP contribution >= 0.6 is 0 Å². The van der Waals surface area contributed by atoms with E-state index in [0.717, 1.165) is 6.41 Å². The van der Waals surface area contributed by atoms with Gasteiger partial charge in [-0.25, -0.2) is 0 Å². The Morgan fingerprint density at radius 1 is 0.773 bits per heavy atom. The summed E-state index contributed by atoms with van der Waals surface area (Å²) in [5.41, 5.74) is 0. The predicted molar refractivity (Wildman–Crippen MR) is 77.7 cm³/mol. The van der Waals surface area contributed by atoms with E-state index in [2.05, 4.69) is 0 Å². The van der Waals surface area contributed by atoms with E-state index in [4.69, 9.17) is 0 Å². The molecule has 2 rings (SSSR count). The monoisotopic (exact) mass is 310 g/mol. The Hall–Kier alpha value is -2.12. The van der Waals surface area contributed by atoms with Crippen LogP contribution in [0.4, 0.5) is 0 Å². The Morgan fingerprint density at radius 3 is 1.59 bits per heavy atom. The molecule has 0 radical (unpaired) electrons. The number of rotatable bonds is 3.